The Hall–Kier alpha value is -4.30. The number of nitrogens with zero attached hydrogens (tertiary/aromatic N) is 3. The number of hydrogen-bond donors (Lipinski definition) is 1. The number of carbonyl (C=O) groups excluding carboxylic acids is 1. The fourth-order valence-corrected chi connectivity index (χ4v) is 3.60. The van der Waals surface area contributed by atoms with Crippen LogP contribution in [0.25, 0.3) is 0 Å². The first-order valence-corrected chi connectivity index (χ1v) is 10.7. The molecule has 4 rings (SSSR count). The van der Waals surface area contributed by atoms with E-state index >= 15 is 0 Å². The molecule has 1 heterocycles. The number of non-ortho nitro benzene ring substituents is 1. The number of hydrazone groups is 1. The van der Waals surface area contributed by atoms with Gasteiger partial charge in [-0.3, -0.25) is 19.9 Å². The van der Waals surface area contributed by atoms with Gasteiger partial charge in [-0.25, -0.2) is 0 Å². The molecule has 1 aliphatic rings. The molecule has 0 fully saturated rings. The van der Waals surface area contributed by atoms with Gasteiger partial charge in [-0.1, -0.05) is 60.7 Å². The van der Waals surface area contributed by atoms with Gasteiger partial charge in [-0.05, 0) is 28.8 Å². The number of Topliss-reactive ketones (excluding diaryl/α,β-unsaturated/α-hetero) is 1. The van der Waals surface area contributed by atoms with E-state index in [-0.39, 0.29) is 30.3 Å². The van der Waals surface area contributed by atoms with Crippen molar-refractivity contribution in [1.82, 2.24) is 5.01 Å². The molecular weight excluding hydrogens is 434 g/mol. The fourth-order valence-electron chi connectivity index (χ4n) is 3.60. The largest absolute Gasteiger partial charge is 0.476 e. The Morgan fingerprint density at radius 1 is 1.03 bits per heavy atom. The summed E-state index contributed by atoms with van der Waals surface area (Å²) < 4.78 is 6.23. The van der Waals surface area contributed by atoms with Gasteiger partial charge in [0.25, 0.3) is 5.69 Å². The van der Waals surface area contributed by atoms with Crippen LogP contribution in [-0.2, 0) is 9.53 Å². The zero-order valence-corrected chi connectivity index (χ0v) is 18.2. The Labute approximate surface area is 196 Å². The van der Waals surface area contributed by atoms with Gasteiger partial charge in [0.05, 0.1) is 30.0 Å². The lowest BCUT2D eigenvalue weighted by atomic mass is 10.0. The molecule has 0 saturated heterocycles. The van der Waals surface area contributed by atoms with E-state index < -0.39 is 17.1 Å². The van der Waals surface area contributed by atoms with Crippen molar-refractivity contribution in [1.29, 1.82) is 0 Å². The van der Waals surface area contributed by atoms with Crippen LogP contribution in [0.3, 0.4) is 0 Å². The molecule has 1 aliphatic heterocycles. The molecule has 34 heavy (non-hydrogen) atoms. The molecular formula is C26H23N3O5. The summed E-state index contributed by atoms with van der Waals surface area (Å²) in [5, 5.41) is 26.5. The summed E-state index contributed by atoms with van der Waals surface area (Å²) in [6, 6.07) is 24.6. The minimum Gasteiger partial charge on any atom is -0.476 e. The molecule has 0 radical (unpaired) electrons. The highest BCUT2D eigenvalue weighted by Gasteiger charge is 2.30. The predicted molar refractivity (Wildman–Crippen MR) is 127 cm³/mol. The highest BCUT2D eigenvalue weighted by atomic mass is 16.6. The van der Waals surface area contributed by atoms with E-state index in [9.17, 15) is 20.0 Å². The number of ether oxygens (including phenoxy) is 1. The zero-order chi connectivity index (χ0) is 23.9. The van der Waals surface area contributed by atoms with Crippen LogP contribution in [-0.4, -0.2) is 39.7 Å². The average Bonchev–Trinajstić information content (AvgIpc) is 2.88. The molecule has 0 aromatic heterocycles. The minimum atomic E-state index is -0.541. The van der Waals surface area contributed by atoms with Crippen LogP contribution in [0.1, 0.15) is 29.2 Å². The van der Waals surface area contributed by atoms with Crippen LogP contribution < -0.4 is 0 Å². The third-order valence-electron chi connectivity index (χ3n) is 5.42. The summed E-state index contributed by atoms with van der Waals surface area (Å²) in [6.45, 7) is -0.270. The fraction of sp³-hybridized carbons (Fsp3) is 0.154. The number of aliphatic hydroxyl groups excluding tert-OH is 1. The highest BCUT2D eigenvalue weighted by molar-refractivity contribution is 5.94. The maximum Gasteiger partial charge on any atom is 0.269 e. The zero-order valence-electron chi connectivity index (χ0n) is 18.2. The van der Waals surface area contributed by atoms with Gasteiger partial charge >= 0.3 is 0 Å². The number of hydrogen-bond acceptors (Lipinski definition) is 7. The Morgan fingerprint density at radius 3 is 2.15 bits per heavy atom. The topological polar surface area (TPSA) is 105 Å². The second-order valence-electron chi connectivity index (χ2n) is 7.75. The Bertz CT molecular complexity index is 1150. The average molecular weight is 457 g/mol. The number of nitro benzene ring substituents is 1. The Balaban J connectivity index is 1.61. The molecule has 0 bridgehead atoms. The Morgan fingerprint density at radius 2 is 1.62 bits per heavy atom. The molecule has 8 nitrogen and oxygen atoms in total. The number of ketones is 1. The van der Waals surface area contributed by atoms with Crippen molar-refractivity contribution in [2.75, 3.05) is 6.61 Å². The number of rotatable bonds is 8. The molecule has 1 atom stereocenters. The number of carbonyl (C=O) groups is 1. The van der Waals surface area contributed by atoms with Gasteiger partial charge in [0.1, 0.15) is 6.10 Å². The van der Waals surface area contributed by atoms with Gasteiger partial charge in [0, 0.05) is 18.6 Å². The van der Waals surface area contributed by atoms with Crippen molar-refractivity contribution < 1.29 is 19.6 Å². The Kier molecular flexibility index (Phi) is 7.10. The molecule has 0 saturated carbocycles. The quantitative estimate of drug-likeness (QED) is 0.309. The molecule has 0 amide bonds. The van der Waals surface area contributed by atoms with Crippen LogP contribution in [0, 0.1) is 10.1 Å². The second-order valence-corrected chi connectivity index (χ2v) is 7.75. The van der Waals surface area contributed by atoms with E-state index in [0.717, 1.165) is 11.1 Å². The maximum absolute atomic E-state index is 12.8. The number of allylic oxidation sites excluding steroid dienone is 1. The normalized spacial score (nSPS) is 16.1. The maximum atomic E-state index is 12.8. The molecule has 1 N–H and O–H groups in total. The number of benzene rings is 3. The van der Waals surface area contributed by atoms with E-state index in [0.29, 0.717) is 5.56 Å². The van der Waals surface area contributed by atoms with Crippen LogP contribution in [0.2, 0.25) is 0 Å². The summed E-state index contributed by atoms with van der Waals surface area (Å²) >= 11 is 0. The first-order chi connectivity index (χ1) is 16.5. The van der Waals surface area contributed by atoms with Crippen LogP contribution in [0.5, 0.6) is 0 Å². The van der Waals surface area contributed by atoms with E-state index in [4.69, 9.17) is 4.74 Å². The van der Waals surface area contributed by atoms with Crippen molar-refractivity contribution in [2.45, 2.75) is 18.6 Å². The van der Waals surface area contributed by atoms with Crippen molar-refractivity contribution in [2.24, 2.45) is 5.10 Å². The summed E-state index contributed by atoms with van der Waals surface area (Å²) in [7, 11) is 0. The van der Waals surface area contributed by atoms with Crippen molar-refractivity contribution in [3.8, 4) is 0 Å². The molecule has 1 unspecified atom stereocenters. The van der Waals surface area contributed by atoms with Crippen molar-refractivity contribution >= 4 is 17.7 Å². The first kappa shape index (κ1) is 22.9. The number of aliphatic hydroxyl groups is 1. The van der Waals surface area contributed by atoms with Crippen LogP contribution in [0.4, 0.5) is 5.69 Å². The summed E-state index contributed by atoms with van der Waals surface area (Å²) in [6.07, 6.45) is 2.55. The van der Waals surface area contributed by atoms with Gasteiger partial charge in [-0.15, -0.1) is 0 Å². The van der Waals surface area contributed by atoms with Gasteiger partial charge in [0.2, 0.25) is 5.78 Å². The van der Waals surface area contributed by atoms with Gasteiger partial charge in [0.15, 0.2) is 5.76 Å². The molecule has 172 valence electrons. The monoisotopic (exact) mass is 457 g/mol. The lowest BCUT2D eigenvalue weighted by Gasteiger charge is -2.31. The molecule has 0 spiro atoms. The van der Waals surface area contributed by atoms with Crippen LogP contribution >= 0.6 is 0 Å². The van der Waals surface area contributed by atoms with Crippen molar-refractivity contribution in [3.63, 3.8) is 0 Å². The standard InChI is InChI=1S/C26H23N3O5/c30-18-23-15-24(31)25(17-28(23)27-16-19-11-13-22(14-12-19)29(32)33)34-26(20-7-3-1-4-8-20)21-9-5-2-6-10-21/h1-14,16-17,23,26,30H,15,18H2/b27-16+. The molecule has 8 heteroatoms. The van der Waals surface area contributed by atoms with E-state index in [2.05, 4.69) is 5.10 Å². The summed E-state index contributed by atoms with van der Waals surface area (Å²) in [5.74, 6) is -0.0825. The van der Waals surface area contributed by atoms with Gasteiger partial charge in [-0.2, -0.15) is 5.10 Å². The first-order valence-electron chi connectivity index (χ1n) is 10.7. The molecule has 3 aromatic carbocycles. The van der Waals surface area contributed by atoms with Gasteiger partial charge < -0.3 is 9.84 Å². The summed E-state index contributed by atoms with van der Waals surface area (Å²) in [5.41, 5.74) is 2.42. The second kappa shape index (κ2) is 10.5. The van der Waals surface area contributed by atoms with Crippen LogP contribution in [0.15, 0.2) is 102 Å². The summed E-state index contributed by atoms with van der Waals surface area (Å²) in [4.78, 5) is 23.2. The van der Waals surface area contributed by atoms with Crippen molar-refractivity contribution in [3.05, 3.63) is 124 Å². The van der Waals surface area contributed by atoms with E-state index in [1.54, 1.807) is 12.1 Å². The SMILES string of the molecule is O=C1CC(CO)N(/N=C/c2ccc([N+](=O)[O-])cc2)C=C1OC(c1ccccc1)c1ccccc1. The van der Waals surface area contributed by atoms with E-state index in [1.165, 1.54) is 29.6 Å². The smallest absolute Gasteiger partial charge is 0.269 e. The predicted octanol–water partition coefficient (Wildman–Crippen LogP) is 4.21. The number of nitro groups is 1. The minimum absolute atomic E-state index is 0.0163. The third kappa shape index (κ3) is 5.36. The van der Waals surface area contributed by atoms with E-state index in [1.807, 2.05) is 60.7 Å². The third-order valence-corrected chi connectivity index (χ3v) is 5.42. The highest BCUT2D eigenvalue weighted by Crippen LogP contribution is 2.31. The lowest BCUT2D eigenvalue weighted by Crippen LogP contribution is -2.37. The lowest BCUT2D eigenvalue weighted by molar-refractivity contribution is -0.384. The molecule has 0 aliphatic carbocycles. The molecule has 3 aromatic rings.